The highest BCUT2D eigenvalue weighted by molar-refractivity contribution is 7.13. The van der Waals surface area contributed by atoms with Crippen LogP contribution in [-0.4, -0.2) is 15.9 Å². The van der Waals surface area contributed by atoms with Crippen LogP contribution < -0.4 is 5.32 Å². The number of carbonyl (C=O) groups is 1. The van der Waals surface area contributed by atoms with Crippen LogP contribution >= 0.6 is 11.3 Å². The van der Waals surface area contributed by atoms with E-state index in [1.54, 1.807) is 0 Å². The molecule has 17 heavy (non-hydrogen) atoms. The van der Waals surface area contributed by atoms with E-state index in [0.717, 1.165) is 22.6 Å². The fourth-order valence-corrected chi connectivity index (χ4v) is 2.42. The molecule has 2 rings (SSSR count). The standard InChI is InChI=1S/C12H15N3OS/c1-7-4-10(9(3)13-7)5-11(16)15-12-14-8(2)6-17-12/h4,6,13H,5H2,1-3H3,(H,14,15,16). The third-order valence-corrected chi connectivity index (χ3v) is 3.35. The molecule has 1 amide bonds. The molecule has 2 aromatic rings. The van der Waals surface area contributed by atoms with E-state index in [0.29, 0.717) is 11.6 Å². The van der Waals surface area contributed by atoms with Gasteiger partial charge in [-0.3, -0.25) is 4.79 Å². The Morgan fingerprint density at radius 1 is 1.47 bits per heavy atom. The first-order valence-electron chi connectivity index (χ1n) is 5.41. The van der Waals surface area contributed by atoms with Gasteiger partial charge in [-0.05, 0) is 32.4 Å². The number of aryl methyl sites for hydroxylation is 3. The largest absolute Gasteiger partial charge is 0.362 e. The van der Waals surface area contributed by atoms with E-state index in [2.05, 4.69) is 15.3 Å². The van der Waals surface area contributed by atoms with Crippen molar-refractivity contribution in [2.24, 2.45) is 0 Å². The van der Waals surface area contributed by atoms with E-state index in [4.69, 9.17) is 0 Å². The lowest BCUT2D eigenvalue weighted by Gasteiger charge is -2.00. The Balaban J connectivity index is 2.00. The summed E-state index contributed by atoms with van der Waals surface area (Å²) in [6.45, 7) is 5.87. The van der Waals surface area contributed by atoms with E-state index in [9.17, 15) is 4.79 Å². The molecule has 2 N–H and O–H groups in total. The number of hydrogen-bond acceptors (Lipinski definition) is 3. The molecule has 2 aromatic heterocycles. The molecular weight excluding hydrogens is 234 g/mol. The van der Waals surface area contributed by atoms with Crippen LogP contribution in [0, 0.1) is 20.8 Å². The number of carbonyl (C=O) groups excluding carboxylic acids is 1. The van der Waals surface area contributed by atoms with Gasteiger partial charge in [0.2, 0.25) is 5.91 Å². The molecule has 0 atom stereocenters. The molecule has 0 aliphatic rings. The minimum atomic E-state index is -0.0264. The van der Waals surface area contributed by atoms with Crippen LogP contribution in [0.2, 0.25) is 0 Å². The molecule has 90 valence electrons. The second kappa shape index (κ2) is 4.71. The van der Waals surface area contributed by atoms with Crippen molar-refractivity contribution in [3.63, 3.8) is 0 Å². The van der Waals surface area contributed by atoms with Gasteiger partial charge in [0.25, 0.3) is 0 Å². The minimum absolute atomic E-state index is 0.0264. The number of aromatic amines is 1. The fraction of sp³-hybridized carbons (Fsp3) is 0.333. The highest BCUT2D eigenvalue weighted by Gasteiger charge is 2.09. The number of rotatable bonds is 3. The number of amides is 1. The molecule has 0 unspecified atom stereocenters. The molecule has 0 saturated carbocycles. The summed E-state index contributed by atoms with van der Waals surface area (Å²) in [6.07, 6.45) is 0.384. The predicted molar refractivity (Wildman–Crippen MR) is 69.5 cm³/mol. The Labute approximate surface area is 104 Å². The van der Waals surface area contributed by atoms with Crippen LogP contribution in [0.25, 0.3) is 0 Å². The summed E-state index contributed by atoms with van der Waals surface area (Å²) >= 11 is 1.45. The molecule has 0 aromatic carbocycles. The van der Waals surface area contributed by atoms with Gasteiger partial charge in [-0.1, -0.05) is 0 Å². The smallest absolute Gasteiger partial charge is 0.230 e. The SMILES string of the molecule is Cc1csc(NC(=O)Cc2cc(C)[nH]c2C)n1. The highest BCUT2D eigenvalue weighted by Crippen LogP contribution is 2.16. The first-order chi connectivity index (χ1) is 8.04. The maximum atomic E-state index is 11.8. The van der Waals surface area contributed by atoms with E-state index in [-0.39, 0.29) is 5.91 Å². The van der Waals surface area contributed by atoms with Crippen molar-refractivity contribution in [2.45, 2.75) is 27.2 Å². The molecule has 4 nitrogen and oxygen atoms in total. The summed E-state index contributed by atoms with van der Waals surface area (Å²) in [7, 11) is 0. The lowest BCUT2D eigenvalue weighted by atomic mass is 10.2. The predicted octanol–water partition coefficient (Wildman–Crippen LogP) is 2.58. The Kier molecular flexibility index (Phi) is 3.28. The van der Waals surface area contributed by atoms with E-state index in [1.165, 1.54) is 11.3 Å². The first kappa shape index (κ1) is 11.9. The van der Waals surface area contributed by atoms with Gasteiger partial charge in [-0.2, -0.15) is 0 Å². The summed E-state index contributed by atoms with van der Waals surface area (Å²) in [5.74, 6) is -0.0264. The highest BCUT2D eigenvalue weighted by atomic mass is 32.1. The van der Waals surface area contributed by atoms with Gasteiger partial charge >= 0.3 is 0 Å². The number of nitrogens with zero attached hydrogens (tertiary/aromatic N) is 1. The molecule has 2 heterocycles. The van der Waals surface area contributed by atoms with Crippen molar-refractivity contribution in [1.82, 2.24) is 9.97 Å². The monoisotopic (exact) mass is 249 g/mol. The summed E-state index contributed by atoms with van der Waals surface area (Å²) in [5.41, 5.74) is 4.09. The van der Waals surface area contributed by atoms with Crippen molar-refractivity contribution < 1.29 is 4.79 Å². The van der Waals surface area contributed by atoms with Crippen LogP contribution in [0.5, 0.6) is 0 Å². The van der Waals surface area contributed by atoms with Crippen LogP contribution in [0.3, 0.4) is 0 Å². The second-order valence-corrected chi connectivity index (χ2v) is 4.98. The number of anilines is 1. The lowest BCUT2D eigenvalue weighted by molar-refractivity contribution is -0.115. The molecule has 0 radical (unpaired) electrons. The van der Waals surface area contributed by atoms with Gasteiger partial charge in [0, 0.05) is 16.8 Å². The molecule has 0 fully saturated rings. The van der Waals surface area contributed by atoms with Gasteiger partial charge in [-0.15, -0.1) is 11.3 Å². The molecular formula is C12H15N3OS. The number of nitrogens with one attached hydrogen (secondary N) is 2. The summed E-state index contributed by atoms with van der Waals surface area (Å²) in [6, 6.07) is 2.00. The van der Waals surface area contributed by atoms with Crippen LogP contribution in [0.4, 0.5) is 5.13 Å². The maximum absolute atomic E-state index is 11.8. The van der Waals surface area contributed by atoms with Gasteiger partial charge in [0.05, 0.1) is 12.1 Å². The Morgan fingerprint density at radius 2 is 2.24 bits per heavy atom. The lowest BCUT2D eigenvalue weighted by Crippen LogP contribution is -2.14. The third kappa shape index (κ3) is 2.94. The van der Waals surface area contributed by atoms with Crippen molar-refractivity contribution in [2.75, 3.05) is 5.32 Å². The van der Waals surface area contributed by atoms with Gasteiger partial charge in [0.15, 0.2) is 5.13 Å². The average molecular weight is 249 g/mol. The zero-order valence-corrected chi connectivity index (χ0v) is 10.9. The molecule has 0 aliphatic carbocycles. The normalized spacial score (nSPS) is 10.5. The third-order valence-electron chi connectivity index (χ3n) is 2.47. The topological polar surface area (TPSA) is 57.8 Å². The molecule has 0 aliphatic heterocycles. The quantitative estimate of drug-likeness (QED) is 0.878. The van der Waals surface area contributed by atoms with Crippen molar-refractivity contribution in [3.05, 3.63) is 34.1 Å². The van der Waals surface area contributed by atoms with Crippen molar-refractivity contribution in [1.29, 1.82) is 0 Å². The number of thiazole rings is 1. The Bertz CT molecular complexity index is 542. The minimum Gasteiger partial charge on any atom is -0.362 e. The summed E-state index contributed by atoms with van der Waals surface area (Å²) < 4.78 is 0. The van der Waals surface area contributed by atoms with Crippen LogP contribution in [0.15, 0.2) is 11.4 Å². The Morgan fingerprint density at radius 3 is 2.76 bits per heavy atom. The van der Waals surface area contributed by atoms with Crippen LogP contribution in [0.1, 0.15) is 22.6 Å². The zero-order chi connectivity index (χ0) is 12.4. The average Bonchev–Trinajstić information content (AvgIpc) is 2.74. The van der Waals surface area contributed by atoms with Gasteiger partial charge < -0.3 is 10.3 Å². The van der Waals surface area contributed by atoms with Crippen molar-refractivity contribution in [3.8, 4) is 0 Å². The van der Waals surface area contributed by atoms with E-state index < -0.39 is 0 Å². The molecule has 0 saturated heterocycles. The summed E-state index contributed by atoms with van der Waals surface area (Å²) in [4.78, 5) is 19.2. The zero-order valence-electron chi connectivity index (χ0n) is 10.1. The summed E-state index contributed by atoms with van der Waals surface area (Å²) in [5, 5.41) is 5.38. The fourth-order valence-electron chi connectivity index (χ4n) is 1.71. The number of aromatic nitrogens is 2. The van der Waals surface area contributed by atoms with Crippen molar-refractivity contribution >= 4 is 22.4 Å². The van der Waals surface area contributed by atoms with Gasteiger partial charge in [-0.25, -0.2) is 4.98 Å². The second-order valence-electron chi connectivity index (χ2n) is 4.12. The number of hydrogen-bond donors (Lipinski definition) is 2. The molecule has 0 spiro atoms. The van der Waals surface area contributed by atoms with E-state index >= 15 is 0 Å². The Hall–Kier alpha value is -1.62. The van der Waals surface area contributed by atoms with Gasteiger partial charge in [0.1, 0.15) is 0 Å². The van der Waals surface area contributed by atoms with E-state index in [1.807, 2.05) is 32.2 Å². The molecule has 5 heteroatoms. The molecule has 0 bridgehead atoms. The first-order valence-corrected chi connectivity index (χ1v) is 6.29. The number of H-pyrrole nitrogens is 1. The maximum Gasteiger partial charge on any atom is 0.230 e. The van der Waals surface area contributed by atoms with Crippen LogP contribution in [-0.2, 0) is 11.2 Å².